The molecule has 80 valence electrons. The van der Waals surface area contributed by atoms with Gasteiger partial charge in [-0.25, -0.2) is 0 Å². The van der Waals surface area contributed by atoms with Gasteiger partial charge in [0.25, 0.3) is 0 Å². The maximum Gasteiger partial charge on any atom is 0.224 e. The summed E-state index contributed by atoms with van der Waals surface area (Å²) in [7, 11) is 0. The molecule has 1 fully saturated rings. The van der Waals surface area contributed by atoms with E-state index >= 15 is 0 Å². The van der Waals surface area contributed by atoms with Gasteiger partial charge in [0.1, 0.15) is 5.75 Å². The number of aromatic hydroxyl groups is 1. The van der Waals surface area contributed by atoms with Gasteiger partial charge in [0.05, 0.1) is 12.5 Å². The molecule has 0 aromatic heterocycles. The summed E-state index contributed by atoms with van der Waals surface area (Å²) in [6.07, 6.45) is 0.372. The molecule has 3 N–H and O–H groups in total. The van der Waals surface area contributed by atoms with Crippen molar-refractivity contribution in [2.75, 3.05) is 13.1 Å². The first kappa shape index (κ1) is 9.98. The molecule has 4 nitrogen and oxygen atoms in total. The largest absolute Gasteiger partial charge is 0.508 e. The Labute approximate surface area is 88.3 Å². The van der Waals surface area contributed by atoms with Crippen LogP contribution in [-0.4, -0.2) is 30.1 Å². The maximum absolute atomic E-state index is 11.5. The highest BCUT2D eigenvalue weighted by atomic mass is 16.3. The molecule has 0 bridgehead atoms. The summed E-state index contributed by atoms with van der Waals surface area (Å²) in [5, 5.41) is 15.1. The predicted octanol–water partition coefficient (Wildman–Crippen LogP) is 0.0227. The van der Waals surface area contributed by atoms with Gasteiger partial charge in [-0.2, -0.15) is 0 Å². The number of nitrogens with one attached hydrogen (secondary N) is 2. The van der Waals surface area contributed by atoms with Gasteiger partial charge in [0.2, 0.25) is 5.91 Å². The lowest BCUT2D eigenvalue weighted by molar-refractivity contribution is -0.121. The number of phenolic OH excluding ortho intramolecular Hbond substituents is 1. The highest BCUT2D eigenvalue weighted by Crippen LogP contribution is 2.10. The first-order chi connectivity index (χ1) is 7.24. The molecule has 1 amide bonds. The quantitative estimate of drug-likeness (QED) is 0.653. The van der Waals surface area contributed by atoms with E-state index in [0.717, 1.165) is 18.7 Å². The minimum atomic E-state index is 0.0344. The van der Waals surface area contributed by atoms with Crippen molar-refractivity contribution in [2.24, 2.45) is 0 Å². The summed E-state index contributed by atoms with van der Waals surface area (Å²) in [5.41, 5.74) is 0.914. The van der Waals surface area contributed by atoms with Crippen LogP contribution in [0.15, 0.2) is 24.3 Å². The Morgan fingerprint density at radius 2 is 2.07 bits per heavy atom. The number of carbonyl (C=O) groups is 1. The third kappa shape index (κ3) is 2.70. The third-order valence-corrected chi connectivity index (χ3v) is 2.45. The zero-order valence-electron chi connectivity index (χ0n) is 8.36. The van der Waals surface area contributed by atoms with Crippen LogP contribution < -0.4 is 10.6 Å². The van der Waals surface area contributed by atoms with Crippen LogP contribution in [0.3, 0.4) is 0 Å². The average Bonchev–Trinajstić information content (AvgIpc) is 2.16. The molecule has 2 rings (SSSR count). The molecule has 0 spiro atoms. The van der Waals surface area contributed by atoms with Gasteiger partial charge in [-0.1, -0.05) is 12.1 Å². The maximum atomic E-state index is 11.5. The summed E-state index contributed by atoms with van der Waals surface area (Å²) in [5.74, 6) is 0.259. The molecule has 1 aromatic carbocycles. The number of hydrogen-bond acceptors (Lipinski definition) is 3. The lowest BCUT2D eigenvalue weighted by atomic mass is 10.1. The van der Waals surface area contributed by atoms with Crippen molar-refractivity contribution in [3.63, 3.8) is 0 Å². The standard InChI is InChI=1S/C11H14N2O2/c14-10-3-1-8(2-4-10)5-11(15)13-9-6-12-7-9/h1-4,9,12,14H,5-7H2,(H,13,15). The molecule has 0 saturated carbocycles. The summed E-state index contributed by atoms with van der Waals surface area (Å²) in [6.45, 7) is 1.72. The second-order valence-electron chi connectivity index (χ2n) is 3.77. The fourth-order valence-corrected chi connectivity index (χ4v) is 1.47. The highest BCUT2D eigenvalue weighted by Gasteiger charge is 2.18. The summed E-state index contributed by atoms with van der Waals surface area (Å²) >= 11 is 0. The lowest BCUT2D eigenvalue weighted by Crippen LogP contribution is -2.57. The van der Waals surface area contributed by atoms with Crippen LogP contribution in [0.4, 0.5) is 0 Å². The predicted molar refractivity (Wildman–Crippen MR) is 56.6 cm³/mol. The first-order valence-electron chi connectivity index (χ1n) is 5.02. The zero-order valence-corrected chi connectivity index (χ0v) is 8.36. The monoisotopic (exact) mass is 206 g/mol. The van der Waals surface area contributed by atoms with Crippen molar-refractivity contribution in [3.8, 4) is 5.75 Å². The van der Waals surface area contributed by atoms with Crippen LogP contribution in [0.25, 0.3) is 0 Å². The molecule has 1 heterocycles. The number of carbonyl (C=O) groups excluding carboxylic acids is 1. The zero-order chi connectivity index (χ0) is 10.7. The molecule has 0 unspecified atom stereocenters. The van der Waals surface area contributed by atoms with E-state index in [0.29, 0.717) is 6.42 Å². The number of phenols is 1. The molecule has 0 atom stereocenters. The van der Waals surface area contributed by atoms with Crippen LogP contribution in [0, 0.1) is 0 Å². The smallest absolute Gasteiger partial charge is 0.224 e. The van der Waals surface area contributed by atoms with Gasteiger partial charge >= 0.3 is 0 Å². The van der Waals surface area contributed by atoms with Crippen LogP contribution in [0.2, 0.25) is 0 Å². The van der Waals surface area contributed by atoms with Crippen LogP contribution >= 0.6 is 0 Å². The number of benzene rings is 1. The van der Waals surface area contributed by atoms with E-state index in [2.05, 4.69) is 10.6 Å². The van der Waals surface area contributed by atoms with Crippen molar-refractivity contribution < 1.29 is 9.90 Å². The Hall–Kier alpha value is -1.55. The van der Waals surface area contributed by atoms with E-state index in [-0.39, 0.29) is 17.7 Å². The van der Waals surface area contributed by atoms with E-state index in [1.807, 2.05) is 0 Å². The number of amides is 1. The van der Waals surface area contributed by atoms with Gasteiger partial charge in [-0.15, -0.1) is 0 Å². The van der Waals surface area contributed by atoms with E-state index < -0.39 is 0 Å². The Morgan fingerprint density at radius 3 is 2.60 bits per heavy atom. The molecule has 1 aliphatic rings. The highest BCUT2D eigenvalue weighted by molar-refractivity contribution is 5.79. The van der Waals surface area contributed by atoms with E-state index in [1.165, 1.54) is 0 Å². The first-order valence-corrected chi connectivity index (χ1v) is 5.02. The van der Waals surface area contributed by atoms with Gasteiger partial charge in [0, 0.05) is 13.1 Å². The van der Waals surface area contributed by atoms with Crippen molar-refractivity contribution in [3.05, 3.63) is 29.8 Å². The minimum absolute atomic E-state index is 0.0344. The Morgan fingerprint density at radius 1 is 1.40 bits per heavy atom. The topological polar surface area (TPSA) is 61.4 Å². The Kier molecular flexibility index (Phi) is 2.87. The lowest BCUT2D eigenvalue weighted by Gasteiger charge is -2.27. The second-order valence-corrected chi connectivity index (χ2v) is 3.77. The number of rotatable bonds is 3. The molecule has 1 aliphatic heterocycles. The van der Waals surface area contributed by atoms with E-state index in [4.69, 9.17) is 5.11 Å². The fourth-order valence-electron chi connectivity index (χ4n) is 1.47. The SMILES string of the molecule is O=C(Cc1ccc(O)cc1)NC1CNC1. The molecule has 1 aromatic rings. The van der Waals surface area contributed by atoms with Gasteiger partial charge in [-0.05, 0) is 17.7 Å². The van der Waals surface area contributed by atoms with Crippen molar-refractivity contribution in [1.82, 2.24) is 10.6 Å². The molecule has 15 heavy (non-hydrogen) atoms. The molecular formula is C11H14N2O2. The minimum Gasteiger partial charge on any atom is -0.508 e. The average molecular weight is 206 g/mol. The summed E-state index contributed by atoms with van der Waals surface area (Å²) in [4.78, 5) is 11.5. The summed E-state index contributed by atoms with van der Waals surface area (Å²) < 4.78 is 0. The van der Waals surface area contributed by atoms with Gasteiger partial charge < -0.3 is 15.7 Å². The van der Waals surface area contributed by atoms with E-state index in [1.54, 1.807) is 24.3 Å². The summed E-state index contributed by atoms with van der Waals surface area (Å²) in [6, 6.07) is 6.98. The van der Waals surface area contributed by atoms with E-state index in [9.17, 15) is 4.79 Å². The van der Waals surface area contributed by atoms with Crippen molar-refractivity contribution in [1.29, 1.82) is 0 Å². The van der Waals surface area contributed by atoms with Gasteiger partial charge in [0.15, 0.2) is 0 Å². The number of hydrogen-bond donors (Lipinski definition) is 3. The third-order valence-electron chi connectivity index (χ3n) is 2.45. The Bertz CT molecular complexity index is 344. The van der Waals surface area contributed by atoms with Crippen molar-refractivity contribution >= 4 is 5.91 Å². The molecule has 1 saturated heterocycles. The molecule has 4 heteroatoms. The molecule has 0 radical (unpaired) electrons. The van der Waals surface area contributed by atoms with Crippen molar-refractivity contribution in [2.45, 2.75) is 12.5 Å². The normalized spacial score (nSPS) is 15.7. The fraction of sp³-hybridized carbons (Fsp3) is 0.364. The van der Waals surface area contributed by atoms with Crippen LogP contribution in [-0.2, 0) is 11.2 Å². The van der Waals surface area contributed by atoms with Crippen LogP contribution in [0.1, 0.15) is 5.56 Å². The van der Waals surface area contributed by atoms with Gasteiger partial charge in [-0.3, -0.25) is 4.79 Å². The molecule has 0 aliphatic carbocycles. The second kappa shape index (κ2) is 4.31. The van der Waals surface area contributed by atoms with Crippen LogP contribution in [0.5, 0.6) is 5.75 Å². The Balaban J connectivity index is 1.84. The molecular weight excluding hydrogens is 192 g/mol.